The maximum atomic E-state index is 14.0. The molecule has 0 atom stereocenters. The van der Waals surface area contributed by atoms with Crippen LogP contribution in [-0.2, 0) is 5.54 Å². The Bertz CT molecular complexity index is 1120. The predicted octanol–water partition coefficient (Wildman–Crippen LogP) is 2.81. The van der Waals surface area contributed by atoms with Crippen LogP contribution in [0.4, 0.5) is 16.4 Å². The lowest BCUT2D eigenvalue weighted by Crippen LogP contribution is -2.59. The van der Waals surface area contributed by atoms with Crippen LogP contribution < -0.4 is 15.1 Å². The number of hydrogen-bond donors (Lipinski definition) is 2. The van der Waals surface area contributed by atoms with Crippen LogP contribution in [0.1, 0.15) is 50.5 Å². The molecule has 2 aliphatic carbocycles. The Hall–Kier alpha value is -2.75. The van der Waals surface area contributed by atoms with E-state index in [0.29, 0.717) is 19.0 Å². The zero-order valence-corrected chi connectivity index (χ0v) is 22.8. The van der Waals surface area contributed by atoms with Crippen molar-refractivity contribution in [3.8, 4) is 0 Å². The number of aromatic nitrogens is 2. The van der Waals surface area contributed by atoms with Crippen LogP contribution in [0, 0.1) is 0 Å². The van der Waals surface area contributed by atoms with Crippen molar-refractivity contribution in [2.75, 3.05) is 63.2 Å². The Balaban J connectivity index is 1.27. The lowest BCUT2D eigenvalue weighted by Gasteiger charge is -2.52. The minimum Gasteiger partial charge on any atom is -0.388 e. The summed E-state index contributed by atoms with van der Waals surface area (Å²) in [6, 6.07) is 10.7. The van der Waals surface area contributed by atoms with Crippen LogP contribution in [0.25, 0.3) is 0 Å². The Kier molecular flexibility index (Phi) is 6.56. The lowest BCUT2D eigenvalue weighted by molar-refractivity contribution is -0.0725. The molecule has 204 valence electrons. The number of urea groups is 1. The molecule has 38 heavy (non-hydrogen) atoms. The zero-order chi connectivity index (χ0) is 26.4. The molecule has 0 radical (unpaired) electrons. The number of nitrogens with zero attached hydrogens (tertiary/aromatic N) is 6. The average Bonchev–Trinajstić information content (AvgIpc) is 3.20. The predicted molar refractivity (Wildman–Crippen MR) is 148 cm³/mol. The van der Waals surface area contributed by atoms with E-state index >= 15 is 0 Å². The van der Waals surface area contributed by atoms with Gasteiger partial charge in [0.05, 0.1) is 42.3 Å². The molecule has 2 saturated heterocycles. The second kappa shape index (κ2) is 9.77. The van der Waals surface area contributed by atoms with Gasteiger partial charge in [-0.15, -0.1) is 0 Å². The summed E-state index contributed by atoms with van der Waals surface area (Å²) in [5, 5.41) is 14.5. The molecule has 2 amide bonds. The maximum absolute atomic E-state index is 14.0. The quantitative estimate of drug-likeness (QED) is 0.607. The third-order valence-corrected chi connectivity index (χ3v) is 9.73. The van der Waals surface area contributed by atoms with Crippen LogP contribution >= 0.6 is 0 Å². The van der Waals surface area contributed by atoms with E-state index in [1.54, 1.807) is 12.4 Å². The van der Waals surface area contributed by atoms with Gasteiger partial charge < -0.3 is 20.2 Å². The largest absolute Gasteiger partial charge is 0.388 e. The Morgan fingerprint density at radius 2 is 1.63 bits per heavy atom. The summed E-state index contributed by atoms with van der Waals surface area (Å²) in [5.74, 6) is 0.716. The summed E-state index contributed by atoms with van der Waals surface area (Å²) in [6.45, 7) is 4.62. The molecule has 0 unspecified atom stereocenters. The third-order valence-electron chi connectivity index (χ3n) is 9.73. The summed E-state index contributed by atoms with van der Waals surface area (Å²) < 4.78 is 0. The fourth-order valence-electron chi connectivity index (χ4n) is 7.05. The smallest absolute Gasteiger partial charge is 0.325 e. The third kappa shape index (κ3) is 4.34. The second-order valence-electron chi connectivity index (χ2n) is 12.0. The summed E-state index contributed by atoms with van der Waals surface area (Å²) in [4.78, 5) is 31.7. The number of aliphatic hydroxyl groups is 1. The number of hydrogen-bond acceptors (Lipinski definition) is 7. The number of carbonyl (C=O) groups excluding carboxylic acids is 1. The van der Waals surface area contributed by atoms with Crippen molar-refractivity contribution in [3.05, 3.63) is 48.3 Å². The second-order valence-corrected chi connectivity index (χ2v) is 12.0. The van der Waals surface area contributed by atoms with Crippen LogP contribution in [-0.4, -0.2) is 95.4 Å². The molecular weight excluding hydrogens is 478 g/mol. The van der Waals surface area contributed by atoms with Gasteiger partial charge >= 0.3 is 6.03 Å². The number of carbonyl (C=O) groups is 1. The first-order valence-corrected chi connectivity index (χ1v) is 14.2. The van der Waals surface area contributed by atoms with Crippen LogP contribution in [0.5, 0.6) is 0 Å². The minimum atomic E-state index is -0.767. The van der Waals surface area contributed by atoms with Gasteiger partial charge in [-0.25, -0.2) is 14.8 Å². The molecule has 1 spiro atoms. The van der Waals surface area contributed by atoms with Gasteiger partial charge in [-0.1, -0.05) is 30.3 Å². The van der Waals surface area contributed by atoms with E-state index < -0.39 is 5.60 Å². The van der Waals surface area contributed by atoms with E-state index in [-0.39, 0.29) is 17.1 Å². The van der Waals surface area contributed by atoms with Crippen molar-refractivity contribution < 1.29 is 9.90 Å². The van der Waals surface area contributed by atoms with E-state index in [2.05, 4.69) is 69.5 Å². The molecule has 2 saturated carbocycles. The highest BCUT2D eigenvalue weighted by Gasteiger charge is 2.56. The van der Waals surface area contributed by atoms with Crippen LogP contribution in [0.15, 0.2) is 42.7 Å². The monoisotopic (exact) mass is 519 g/mol. The fraction of sp³-hybridized carbons (Fsp3) is 0.621. The molecule has 4 fully saturated rings. The van der Waals surface area contributed by atoms with Gasteiger partial charge in [0.25, 0.3) is 0 Å². The molecule has 3 heterocycles. The van der Waals surface area contributed by atoms with Crippen molar-refractivity contribution in [3.63, 3.8) is 0 Å². The Labute approximate surface area is 225 Å². The maximum Gasteiger partial charge on any atom is 0.325 e. The van der Waals surface area contributed by atoms with E-state index in [4.69, 9.17) is 0 Å². The molecule has 4 aliphatic rings. The normalized spacial score (nSPS) is 29.3. The Morgan fingerprint density at radius 1 is 0.974 bits per heavy atom. The van der Waals surface area contributed by atoms with Crippen molar-refractivity contribution in [1.29, 1.82) is 0 Å². The van der Waals surface area contributed by atoms with E-state index in [0.717, 1.165) is 76.8 Å². The molecule has 2 N–H and O–H groups in total. The van der Waals surface area contributed by atoms with Gasteiger partial charge in [-0.2, -0.15) is 0 Å². The van der Waals surface area contributed by atoms with Crippen molar-refractivity contribution in [2.45, 2.75) is 61.6 Å². The number of rotatable bonds is 6. The lowest BCUT2D eigenvalue weighted by atomic mass is 9.67. The van der Waals surface area contributed by atoms with Crippen LogP contribution in [0.3, 0.4) is 0 Å². The summed E-state index contributed by atoms with van der Waals surface area (Å²) in [6.07, 6.45) is 9.84. The number of piperazine rings is 1. The molecule has 1 aromatic carbocycles. The Morgan fingerprint density at radius 3 is 2.21 bits per heavy atom. The summed E-state index contributed by atoms with van der Waals surface area (Å²) >= 11 is 0. The van der Waals surface area contributed by atoms with Gasteiger partial charge in [0.2, 0.25) is 5.95 Å². The standard InChI is InChI=1S/C29H41N7O2/c1-33(2)29(23-7-4-3-5-8-23)13-11-27(12-14-29)21-35(26(37)36(27)22-28(38)9-6-10-28)24-19-31-25(32-20-24)34-17-15-30-16-18-34/h3-5,7-8,19-20,30,38H,6,9-18,21-22H2,1-2H3. The number of nitrogens with one attached hydrogen (secondary N) is 1. The van der Waals surface area contributed by atoms with Gasteiger partial charge in [-0.05, 0) is 64.6 Å². The van der Waals surface area contributed by atoms with Gasteiger partial charge in [0.15, 0.2) is 0 Å². The highest BCUT2D eigenvalue weighted by atomic mass is 16.3. The SMILES string of the molecule is CN(C)C1(c2ccccc2)CCC2(CC1)CN(c1cnc(N3CCNCC3)nc1)C(=O)N2CC1(O)CCC1. The van der Waals surface area contributed by atoms with E-state index in [1.165, 1.54) is 5.56 Å². The first-order valence-electron chi connectivity index (χ1n) is 14.2. The number of benzene rings is 1. The first kappa shape index (κ1) is 25.5. The fourth-order valence-corrected chi connectivity index (χ4v) is 7.05. The number of anilines is 2. The average molecular weight is 520 g/mol. The topological polar surface area (TPSA) is 88.1 Å². The van der Waals surface area contributed by atoms with Crippen LogP contribution in [0.2, 0.25) is 0 Å². The molecule has 1 aromatic heterocycles. The van der Waals surface area contributed by atoms with Crippen molar-refractivity contribution >= 4 is 17.7 Å². The number of β-amino-alcohol motifs (C(OH)–C–C–N with tert-alkyl or cyclic N) is 1. The molecule has 6 rings (SSSR count). The van der Waals surface area contributed by atoms with Crippen molar-refractivity contribution in [2.24, 2.45) is 0 Å². The summed E-state index contributed by atoms with van der Waals surface area (Å²) in [5.41, 5.74) is 0.937. The highest BCUT2D eigenvalue weighted by Crippen LogP contribution is 2.50. The molecule has 2 aliphatic heterocycles. The van der Waals surface area contributed by atoms with Crippen molar-refractivity contribution in [1.82, 2.24) is 25.1 Å². The van der Waals surface area contributed by atoms with Gasteiger partial charge in [0, 0.05) is 31.7 Å². The minimum absolute atomic E-state index is 0.0269. The number of amides is 2. The summed E-state index contributed by atoms with van der Waals surface area (Å²) in [7, 11) is 4.34. The molecule has 0 bridgehead atoms. The zero-order valence-electron chi connectivity index (χ0n) is 22.8. The molecular formula is C29H41N7O2. The van der Waals surface area contributed by atoms with E-state index in [9.17, 15) is 9.90 Å². The van der Waals surface area contributed by atoms with Gasteiger partial charge in [-0.3, -0.25) is 9.80 Å². The molecule has 9 heteroatoms. The van der Waals surface area contributed by atoms with E-state index in [1.807, 2.05) is 9.80 Å². The van der Waals surface area contributed by atoms with Gasteiger partial charge in [0.1, 0.15) is 0 Å². The molecule has 2 aromatic rings. The highest BCUT2D eigenvalue weighted by molar-refractivity contribution is 5.95. The first-order chi connectivity index (χ1) is 18.3. The molecule has 9 nitrogen and oxygen atoms in total.